The van der Waals surface area contributed by atoms with E-state index in [0.29, 0.717) is 0 Å². The number of ketones is 1. The molecule has 0 aromatic carbocycles. The van der Waals surface area contributed by atoms with Gasteiger partial charge in [0.1, 0.15) is 0 Å². The molecule has 0 radical (unpaired) electrons. The topological polar surface area (TPSA) is 37.3 Å². The monoisotopic (exact) mass is 170 g/mol. The van der Waals surface area contributed by atoms with E-state index in [9.17, 15) is 4.79 Å². The van der Waals surface area contributed by atoms with Gasteiger partial charge in [-0.05, 0) is 18.9 Å². The Morgan fingerprint density at radius 1 is 1.33 bits per heavy atom. The van der Waals surface area contributed by atoms with Gasteiger partial charge in [-0.2, -0.15) is 0 Å². The Bertz CT molecular complexity index is 159. The van der Waals surface area contributed by atoms with Gasteiger partial charge in [0, 0.05) is 6.92 Å². The van der Waals surface area contributed by atoms with Gasteiger partial charge in [0.25, 0.3) is 0 Å². The summed E-state index contributed by atoms with van der Waals surface area (Å²) in [4.78, 5) is 10.5. The van der Waals surface area contributed by atoms with Crippen LogP contribution in [0.3, 0.4) is 0 Å². The highest BCUT2D eigenvalue weighted by molar-refractivity contribution is 5.90. The number of unbranched alkanes of at least 4 members (excludes halogenated alkanes) is 4. The summed E-state index contributed by atoms with van der Waals surface area (Å²) in [6.07, 6.45) is 7.10. The van der Waals surface area contributed by atoms with E-state index < -0.39 is 0 Å². The molecule has 0 unspecified atom stereocenters. The Morgan fingerprint density at radius 2 is 2.00 bits per heavy atom. The summed E-state index contributed by atoms with van der Waals surface area (Å²) in [5, 5.41) is 8.99. The first-order valence-corrected chi connectivity index (χ1v) is 4.58. The lowest BCUT2D eigenvalue weighted by Gasteiger charge is -1.95. The molecule has 0 rings (SSSR count). The predicted octanol–water partition coefficient (Wildman–Crippen LogP) is 2.99. The number of hydrogen-bond acceptors (Lipinski definition) is 2. The first kappa shape index (κ1) is 11.2. The molecule has 0 amide bonds. The summed E-state index contributed by atoms with van der Waals surface area (Å²) in [6, 6.07) is 0. The van der Waals surface area contributed by atoms with E-state index in [1.165, 1.54) is 26.2 Å². The van der Waals surface area contributed by atoms with Crippen LogP contribution in [0.5, 0.6) is 0 Å². The zero-order chi connectivity index (χ0) is 9.40. The molecule has 1 N–H and O–H groups in total. The zero-order valence-electron chi connectivity index (χ0n) is 7.97. The molecular weight excluding hydrogens is 152 g/mol. The minimum absolute atomic E-state index is 0.0912. The first-order valence-electron chi connectivity index (χ1n) is 4.58. The molecule has 0 aromatic heterocycles. The fourth-order valence-electron chi connectivity index (χ4n) is 0.954. The molecule has 0 aliphatic carbocycles. The van der Waals surface area contributed by atoms with Crippen molar-refractivity contribution in [3.63, 3.8) is 0 Å². The van der Waals surface area contributed by atoms with Gasteiger partial charge < -0.3 is 5.11 Å². The molecule has 0 aromatic rings. The van der Waals surface area contributed by atoms with Gasteiger partial charge in [0.15, 0.2) is 11.5 Å². The number of allylic oxidation sites excluding steroid dienone is 2. The number of rotatable bonds is 6. The van der Waals surface area contributed by atoms with Crippen LogP contribution in [-0.2, 0) is 4.79 Å². The molecule has 0 aliphatic heterocycles. The van der Waals surface area contributed by atoms with Gasteiger partial charge >= 0.3 is 0 Å². The van der Waals surface area contributed by atoms with Crippen molar-refractivity contribution in [2.24, 2.45) is 0 Å². The average Bonchev–Trinajstić information content (AvgIpc) is 2.03. The Morgan fingerprint density at radius 3 is 2.50 bits per heavy atom. The standard InChI is InChI=1S/C10H18O2/c1-3-4-5-6-7-8-10(12)9(2)11/h8,12H,3-7H2,1-2H3/b10-8+. The Kier molecular flexibility index (Phi) is 6.44. The SMILES string of the molecule is CCCCCC/C=C(/O)C(C)=O. The maximum absolute atomic E-state index is 10.5. The van der Waals surface area contributed by atoms with Crippen LogP contribution < -0.4 is 0 Å². The smallest absolute Gasteiger partial charge is 0.193 e. The minimum atomic E-state index is -0.245. The molecular formula is C10H18O2. The maximum atomic E-state index is 10.5. The number of Topliss-reactive ketones (excluding diaryl/α,β-unsaturated/α-hetero) is 1. The van der Waals surface area contributed by atoms with Gasteiger partial charge in [0.05, 0.1) is 0 Å². The molecule has 0 bridgehead atoms. The molecule has 2 heteroatoms. The maximum Gasteiger partial charge on any atom is 0.193 e. The Balaban J connectivity index is 3.40. The average molecular weight is 170 g/mol. The second-order valence-electron chi connectivity index (χ2n) is 2.99. The van der Waals surface area contributed by atoms with Crippen LogP contribution in [0, 0.1) is 0 Å². The summed E-state index contributed by atoms with van der Waals surface area (Å²) in [6.45, 7) is 3.53. The fraction of sp³-hybridized carbons (Fsp3) is 0.700. The third kappa shape index (κ3) is 5.96. The number of carbonyl (C=O) groups is 1. The lowest BCUT2D eigenvalue weighted by atomic mass is 10.1. The normalized spacial score (nSPS) is 11.7. The Hall–Kier alpha value is -0.790. The molecule has 0 fully saturated rings. The highest BCUT2D eigenvalue weighted by Gasteiger charge is 1.97. The predicted molar refractivity (Wildman–Crippen MR) is 50.2 cm³/mol. The molecule has 0 heterocycles. The highest BCUT2D eigenvalue weighted by atomic mass is 16.3. The van der Waals surface area contributed by atoms with Crippen LogP contribution in [0.4, 0.5) is 0 Å². The van der Waals surface area contributed by atoms with Crippen LogP contribution >= 0.6 is 0 Å². The van der Waals surface area contributed by atoms with Crippen molar-refractivity contribution in [1.29, 1.82) is 0 Å². The molecule has 0 saturated carbocycles. The number of aliphatic hydroxyl groups excluding tert-OH is 1. The van der Waals surface area contributed by atoms with Crippen LogP contribution in [0.2, 0.25) is 0 Å². The van der Waals surface area contributed by atoms with Crippen LogP contribution in [0.1, 0.15) is 46.0 Å². The van der Waals surface area contributed by atoms with Gasteiger partial charge in [0.2, 0.25) is 0 Å². The summed E-state index contributed by atoms with van der Waals surface area (Å²) >= 11 is 0. The number of aliphatic hydroxyl groups is 1. The van der Waals surface area contributed by atoms with Crippen molar-refractivity contribution in [2.45, 2.75) is 46.0 Å². The quantitative estimate of drug-likeness (QED) is 0.378. The highest BCUT2D eigenvalue weighted by Crippen LogP contribution is 2.04. The van der Waals surface area contributed by atoms with Crippen LogP contribution in [0.15, 0.2) is 11.8 Å². The summed E-state index contributed by atoms with van der Waals surface area (Å²) < 4.78 is 0. The van der Waals surface area contributed by atoms with Crippen molar-refractivity contribution < 1.29 is 9.90 Å². The van der Waals surface area contributed by atoms with E-state index in [1.54, 1.807) is 6.08 Å². The summed E-state index contributed by atoms with van der Waals surface area (Å²) in [7, 11) is 0. The Labute approximate surface area is 74.3 Å². The van der Waals surface area contributed by atoms with E-state index in [2.05, 4.69) is 6.92 Å². The molecule has 0 spiro atoms. The van der Waals surface area contributed by atoms with Crippen molar-refractivity contribution in [3.05, 3.63) is 11.8 Å². The largest absolute Gasteiger partial charge is 0.505 e. The molecule has 0 saturated heterocycles. The number of carbonyl (C=O) groups excluding carboxylic acids is 1. The van der Waals surface area contributed by atoms with E-state index in [4.69, 9.17) is 5.11 Å². The van der Waals surface area contributed by atoms with Gasteiger partial charge in [-0.3, -0.25) is 4.79 Å². The second kappa shape index (κ2) is 6.89. The zero-order valence-corrected chi connectivity index (χ0v) is 7.97. The summed E-state index contributed by atoms with van der Waals surface area (Å²) in [5.41, 5.74) is 0. The van der Waals surface area contributed by atoms with Gasteiger partial charge in [-0.1, -0.05) is 26.2 Å². The fourth-order valence-corrected chi connectivity index (χ4v) is 0.954. The third-order valence-electron chi connectivity index (χ3n) is 1.76. The molecule has 2 nitrogen and oxygen atoms in total. The van der Waals surface area contributed by atoms with E-state index in [0.717, 1.165) is 12.8 Å². The first-order chi connectivity index (χ1) is 5.68. The van der Waals surface area contributed by atoms with Crippen LogP contribution in [-0.4, -0.2) is 10.9 Å². The lowest BCUT2D eigenvalue weighted by Crippen LogP contribution is -1.94. The number of hydrogen-bond donors (Lipinski definition) is 1. The van der Waals surface area contributed by atoms with Crippen molar-refractivity contribution in [3.8, 4) is 0 Å². The molecule has 70 valence electrons. The van der Waals surface area contributed by atoms with Gasteiger partial charge in [-0.25, -0.2) is 0 Å². The summed E-state index contributed by atoms with van der Waals surface area (Å²) in [5.74, 6) is -0.336. The van der Waals surface area contributed by atoms with Crippen molar-refractivity contribution in [1.82, 2.24) is 0 Å². The van der Waals surface area contributed by atoms with E-state index in [1.807, 2.05) is 0 Å². The van der Waals surface area contributed by atoms with Crippen molar-refractivity contribution >= 4 is 5.78 Å². The van der Waals surface area contributed by atoms with E-state index in [-0.39, 0.29) is 11.5 Å². The molecule has 0 aliphatic rings. The molecule has 12 heavy (non-hydrogen) atoms. The minimum Gasteiger partial charge on any atom is -0.505 e. The van der Waals surface area contributed by atoms with Gasteiger partial charge in [-0.15, -0.1) is 0 Å². The van der Waals surface area contributed by atoms with Crippen molar-refractivity contribution in [2.75, 3.05) is 0 Å². The van der Waals surface area contributed by atoms with Crippen LogP contribution in [0.25, 0.3) is 0 Å². The third-order valence-corrected chi connectivity index (χ3v) is 1.76. The molecule has 0 atom stereocenters. The second-order valence-corrected chi connectivity index (χ2v) is 2.99. The lowest BCUT2D eigenvalue weighted by molar-refractivity contribution is -0.115. The van der Waals surface area contributed by atoms with E-state index >= 15 is 0 Å².